The predicted molar refractivity (Wildman–Crippen MR) is 92.4 cm³/mol. The van der Waals surface area contributed by atoms with Crippen LogP contribution in [0.15, 0.2) is 24.3 Å². The molecule has 2 fully saturated rings. The first kappa shape index (κ1) is 18.2. The Kier molecular flexibility index (Phi) is 6.04. The van der Waals surface area contributed by atoms with E-state index >= 15 is 0 Å². The fourth-order valence-corrected chi connectivity index (χ4v) is 4.00. The molecule has 3 rings (SSSR count). The van der Waals surface area contributed by atoms with E-state index in [1.807, 2.05) is 6.07 Å². The van der Waals surface area contributed by atoms with Gasteiger partial charge in [0, 0.05) is 12.1 Å². The Morgan fingerprint density at radius 3 is 2.74 bits per heavy atom. The number of amides is 1. The van der Waals surface area contributed by atoms with E-state index in [1.165, 1.54) is 12.1 Å². The molecule has 2 atom stereocenters. The highest BCUT2D eigenvalue weighted by atomic mass is 35.5. The number of halogens is 2. The summed E-state index contributed by atoms with van der Waals surface area (Å²) in [6.07, 6.45) is 5.64. The maximum atomic E-state index is 13.6. The minimum Gasteiger partial charge on any atom is -0.352 e. The molecule has 1 saturated heterocycles. The molecule has 2 unspecified atom stereocenters. The van der Waals surface area contributed by atoms with Gasteiger partial charge in [-0.25, -0.2) is 4.39 Å². The molecular formula is C18H26ClFN2O. The van der Waals surface area contributed by atoms with Crippen molar-refractivity contribution < 1.29 is 9.18 Å². The van der Waals surface area contributed by atoms with Crippen molar-refractivity contribution in [2.45, 2.75) is 62.9 Å². The summed E-state index contributed by atoms with van der Waals surface area (Å²) in [5.74, 6) is -0.165. The lowest BCUT2D eigenvalue weighted by molar-refractivity contribution is -0.127. The van der Waals surface area contributed by atoms with Crippen LogP contribution in [0, 0.1) is 5.82 Å². The highest BCUT2D eigenvalue weighted by molar-refractivity contribution is 5.88. The lowest BCUT2D eigenvalue weighted by Crippen LogP contribution is -2.51. The third-order valence-electron chi connectivity index (χ3n) is 5.23. The third-order valence-corrected chi connectivity index (χ3v) is 5.23. The Morgan fingerprint density at radius 2 is 2.09 bits per heavy atom. The molecule has 0 spiro atoms. The molecule has 0 radical (unpaired) electrons. The van der Waals surface area contributed by atoms with Crippen molar-refractivity contribution in [2.75, 3.05) is 6.54 Å². The summed E-state index contributed by atoms with van der Waals surface area (Å²) >= 11 is 0. The summed E-state index contributed by atoms with van der Waals surface area (Å²) in [5, 5.41) is 6.65. The van der Waals surface area contributed by atoms with Gasteiger partial charge in [-0.2, -0.15) is 0 Å². The molecule has 3 nitrogen and oxygen atoms in total. The molecule has 23 heavy (non-hydrogen) atoms. The summed E-state index contributed by atoms with van der Waals surface area (Å²) < 4.78 is 13.6. The fourth-order valence-electron chi connectivity index (χ4n) is 4.00. The van der Waals surface area contributed by atoms with Gasteiger partial charge in [-0.3, -0.25) is 4.79 Å². The number of carbonyl (C=O) groups is 1. The second-order valence-corrected chi connectivity index (χ2v) is 6.85. The van der Waals surface area contributed by atoms with Crippen LogP contribution in [0.4, 0.5) is 4.39 Å². The number of benzene rings is 1. The van der Waals surface area contributed by atoms with Crippen molar-refractivity contribution in [3.63, 3.8) is 0 Å². The topological polar surface area (TPSA) is 41.1 Å². The Hall–Kier alpha value is -1.13. The molecule has 1 aliphatic heterocycles. The Morgan fingerprint density at radius 1 is 1.35 bits per heavy atom. The van der Waals surface area contributed by atoms with Crippen LogP contribution in [0.3, 0.4) is 0 Å². The van der Waals surface area contributed by atoms with Gasteiger partial charge >= 0.3 is 0 Å². The zero-order valence-corrected chi connectivity index (χ0v) is 14.4. The minimum atomic E-state index is -0.532. The van der Waals surface area contributed by atoms with E-state index < -0.39 is 5.41 Å². The zero-order valence-electron chi connectivity index (χ0n) is 13.6. The van der Waals surface area contributed by atoms with Crippen LogP contribution in [0.25, 0.3) is 0 Å². The molecule has 1 heterocycles. The molecule has 1 amide bonds. The third kappa shape index (κ3) is 3.86. The van der Waals surface area contributed by atoms with Gasteiger partial charge < -0.3 is 10.6 Å². The smallest absolute Gasteiger partial charge is 0.230 e. The summed E-state index contributed by atoms with van der Waals surface area (Å²) in [4.78, 5) is 13.0. The average Bonchev–Trinajstić information content (AvgIpc) is 2.98. The molecule has 1 aliphatic carbocycles. The van der Waals surface area contributed by atoms with Crippen LogP contribution in [-0.4, -0.2) is 24.5 Å². The fraction of sp³-hybridized carbons (Fsp3) is 0.611. The van der Waals surface area contributed by atoms with Crippen LogP contribution >= 0.6 is 12.4 Å². The van der Waals surface area contributed by atoms with Crippen molar-refractivity contribution >= 4 is 18.3 Å². The first-order valence-corrected chi connectivity index (χ1v) is 8.40. The van der Waals surface area contributed by atoms with Crippen molar-refractivity contribution in [1.82, 2.24) is 10.6 Å². The van der Waals surface area contributed by atoms with Gasteiger partial charge in [0.05, 0.1) is 5.41 Å². The van der Waals surface area contributed by atoms with Crippen molar-refractivity contribution in [2.24, 2.45) is 0 Å². The second-order valence-electron chi connectivity index (χ2n) is 6.85. The SMILES string of the molecule is CC1CC(NC(=O)C2(c3cccc(F)c3)CCCC2)CCN1.Cl. The number of rotatable bonds is 3. The van der Waals surface area contributed by atoms with Crippen molar-refractivity contribution in [3.8, 4) is 0 Å². The predicted octanol–water partition coefficient (Wildman–Crippen LogP) is 3.32. The number of nitrogens with one attached hydrogen (secondary N) is 2. The molecule has 128 valence electrons. The molecule has 2 aliphatic rings. The summed E-state index contributed by atoms with van der Waals surface area (Å²) in [6.45, 7) is 3.09. The quantitative estimate of drug-likeness (QED) is 0.886. The molecule has 2 N–H and O–H groups in total. The van der Waals surface area contributed by atoms with Gasteiger partial charge in [-0.1, -0.05) is 25.0 Å². The highest BCUT2D eigenvalue weighted by Crippen LogP contribution is 2.41. The van der Waals surface area contributed by atoms with E-state index in [-0.39, 0.29) is 30.2 Å². The number of hydrogen-bond acceptors (Lipinski definition) is 2. The summed E-state index contributed by atoms with van der Waals surface area (Å²) in [7, 11) is 0. The van der Waals surface area contributed by atoms with E-state index in [0.29, 0.717) is 6.04 Å². The molecule has 1 saturated carbocycles. The molecule has 1 aromatic carbocycles. The molecular weight excluding hydrogens is 315 g/mol. The lowest BCUT2D eigenvalue weighted by Gasteiger charge is -2.34. The lowest BCUT2D eigenvalue weighted by atomic mass is 9.77. The van der Waals surface area contributed by atoms with Crippen molar-refractivity contribution in [1.29, 1.82) is 0 Å². The van der Waals surface area contributed by atoms with Crippen LogP contribution in [0.2, 0.25) is 0 Å². The zero-order chi connectivity index (χ0) is 15.6. The maximum Gasteiger partial charge on any atom is 0.230 e. The highest BCUT2D eigenvalue weighted by Gasteiger charge is 2.43. The molecule has 1 aromatic rings. The molecule has 0 aromatic heterocycles. The van der Waals surface area contributed by atoms with Gasteiger partial charge in [-0.15, -0.1) is 12.4 Å². The van der Waals surface area contributed by atoms with Crippen LogP contribution in [0.1, 0.15) is 51.0 Å². The van der Waals surface area contributed by atoms with E-state index in [4.69, 9.17) is 0 Å². The minimum absolute atomic E-state index is 0. The Bertz CT molecular complexity index is 546. The largest absolute Gasteiger partial charge is 0.352 e. The van der Waals surface area contributed by atoms with Crippen molar-refractivity contribution in [3.05, 3.63) is 35.6 Å². The summed E-state index contributed by atoms with van der Waals surface area (Å²) in [5.41, 5.74) is 0.306. The van der Waals surface area contributed by atoms with Gasteiger partial charge in [-0.05, 0) is 56.8 Å². The normalized spacial score (nSPS) is 26.3. The standard InChI is InChI=1S/C18H25FN2O.ClH/c1-13-11-16(7-10-20-13)21-17(22)18(8-2-3-9-18)14-5-4-6-15(19)12-14;/h4-6,12-13,16,20H,2-3,7-11H2,1H3,(H,21,22);1H. The first-order valence-electron chi connectivity index (χ1n) is 8.40. The van der Waals surface area contributed by atoms with Crippen LogP contribution in [0.5, 0.6) is 0 Å². The van der Waals surface area contributed by atoms with Gasteiger partial charge in [0.15, 0.2) is 0 Å². The van der Waals surface area contributed by atoms with E-state index in [2.05, 4.69) is 17.6 Å². The molecule has 0 bridgehead atoms. The number of hydrogen-bond donors (Lipinski definition) is 2. The number of piperidine rings is 1. The monoisotopic (exact) mass is 340 g/mol. The van der Waals surface area contributed by atoms with Gasteiger partial charge in [0.1, 0.15) is 5.82 Å². The van der Waals surface area contributed by atoms with E-state index in [1.54, 1.807) is 6.07 Å². The Labute approximate surface area is 143 Å². The van der Waals surface area contributed by atoms with Gasteiger partial charge in [0.2, 0.25) is 5.91 Å². The Balaban J connectivity index is 0.00000192. The maximum absolute atomic E-state index is 13.6. The number of carbonyl (C=O) groups excluding carboxylic acids is 1. The average molecular weight is 341 g/mol. The van der Waals surface area contributed by atoms with E-state index in [0.717, 1.165) is 50.6 Å². The van der Waals surface area contributed by atoms with Crippen LogP contribution in [-0.2, 0) is 10.2 Å². The molecule has 5 heteroatoms. The second kappa shape index (κ2) is 7.63. The van der Waals surface area contributed by atoms with Gasteiger partial charge in [0.25, 0.3) is 0 Å². The summed E-state index contributed by atoms with van der Waals surface area (Å²) in [6, 6.07) is 7.26. The van der Waals surface area contributed by atoms with E-state index in [9.17, 15) is 9.18 Å². The van der Waals surface area contributed by atoms with Crippen LogP contribution < -0.4 is 10.6 Å². The first-order chi connectivity index (χ1) is 10.6.